The Hall–Kier alpha value is -1.52. The maximum absolute atomic E-state index is 12.3. The molecule has 0 bridgehead atoms. The summed E-state index contributed by atoms with van der Waals surface area (Å²) in [6.07, 6.45) is 3.83. The van der Waals surface area contributed by atoms with Crippen LogP contribution in [0.1, 0.15) is 37.6 Å². The minimum atomic E-state index is 0.139. The van der Waals surface area contributed by atoms with Crippen molar-refractivity contribution in [3.63, 3.8) is 0 Å². The van der Waals surface area contributed by atoms with Crippen LogP contribution in [0.15, 0.2) is 0 Å². The first-order valence-electron chi connectivity index (χ1n) is 7.10. The lowest BCUT2D eigenvalue weighted by molar-refractivity contribution is -0.132. The molecule has 19 heavy (non-hydrogen) atoms. The van der Waals surface area contributed by atoms with Crippen LogP contribution in [-0.2, 0) is 11.3 Å². The van der Waals surface area contributed by atoms with Crippen LogP contribution in [-0.4, -0.2) is 33.7 Å². The molecule has 106 valence electrons. The van der Waals surface area contributed by atoms with E-state index in [1.807, 2.05) is 25.7 Å². The van der Waals surface area contributed by atoms with Gasteiger partial charge in [0.2, 0.25) is 5.91 Å². The fraction of sp³-hybridized carbons (Fsp3) is 0.714. The third kappa shape index (κ3) is 2.91. The van der Waals surface area contributed by atoms with Crippen LogP contribution < -0.4 is 5.73 Å². The molecule has 0 unspecified atom stereocenters. The van der Waals surface area contributed by atoms with Gasteiger partial charge in [-0.2, -0.15) is 5.10 Å². The first kappa shape index (κ1) is 13.9. The van der Waals surface area contributed by atoms with E-state index in [1.54, 1.807) is 4.68 Å². The first-order chi connectivity index (χ1) is 9.02. The van der Waals surface area contributed by atoms with Gasteiger partial charge in [-0.15, -0.1) is 0 Å². The van der Waals surface area contributed by atoms with Gasteiger partial charge >= 0.3 is 0 Å². The Bertz CT molecular complexity index is 462. The van der Waals surface area contributed by atoms with Crippen LogP contribution in [0.3, 0.4) is 0 Å². The van der Waals surface area contributed by atoms with Gasteiger partial charge in [-0.05, 0) is 39.5 Å². The highest BCUT2D eigenvalue weighted by molar-refractivity contribution is 5.76. The van der Waals surface area contributed by atoms with E-state index in [4.69, 9.17) is 5.73 Å². The lowest BCUT2D eigenvalue weighted by Gasteiger charge is -2.31. The first-order valence-corrected chi connectivity index (χ1v) is 7.10. The molecule has 1 heterocycles. The molecule has 0 atom stereocenters. The molecule has 2 N–H and O–H groups in total. The number of likely N-dealkylation sites (N-methyl/N-ethyl adjacent to an activating group) is 1. The summed E-state index contributed by atoms with van der Waals surface area (Å²) in [6.45, 7) is 7.77. The molecule has 1 aliphatic rings. The minimum absolute atomic E-state index is 0.139. The molecular formula is C14H24N4O. The van der Waals surface area contributed by atoms with Crippen molar-refractivity contribution in [2.75, 3.05) is 18.8 Å². The molecule has 5 heteroatoms. The number of amides is 1. The number of hydrogen-bond donors (Lipinski definition) is 1. The standard InChI is InChI=1S/C14H24N4O/c1-4-17(8-12-6-5-7-12)13(19)9-18-11(3)14(15)10(2)16-18/h12H,4-9,15H2,1-3H3. The number of aromatic nitrogens is 2. The van der Waals surface area contributed by atoms with E-state index >= 15 is 0 Å². The van der Waals surface area contributed by atoms with Crippen LogP contribution in [0.4, 0.5) is 5.69 Å². The summed E-state index contributed by atoms with van der Waals surface area (Å²) < 4.78 is 1.72. The van der Waals surface area contributed by atoms with Crippen molar-refractivity contribution in [1.29, 1.82) is 0 Å². The Kier molecular flexibility index (Phi) is 4.12. The lowest BCUT2D eigenvalue weighted by Crippen LogP contribution is -2.39. The minimum Gasteiger partial charge on any atom is -0.396 e. The molecule has 1 aliphatic carbocycles. The zero-order valence-corrected chi connectivity index (χ0v) is 12.1. The lowest BCUT2D eigenvalue weighted by atomic mass is 9.85. The van der Waals surface area contributed by atoms with E-state index in [1.165, 1.54) is 19.3 Å². The highest BCUT2D eigenvalue weighted by Crippen LogP contribution is 2.27. The quantitative estimate of drug-likeness (QED) is 0.881. The summed E-state index contributed by atoms with van der Waals surface area (Å²) >= 11 is 0. The molecule has 0 aliphatic heterocycles. The second kappa shape index (κ2) is 5.63. The Morgan fingerprint density at radius 1 is 1.47 bits per heavy atom. The Morgan fingerprint density at radius 2 is 2.16 bits per heavy atom. The number of nitrogens with two attached hydrogens (primary N) is 1. The van der Waals surface area contributed by atoms with E-state index < -0.39 is 0 Å². The molecule has 0 saturated heterocycles. The molecule has 0 spiro atoms. The number of rotatable bonds is 5. The van der Waals surface area contributed by atoms with Crippen molar-refractivity contribution in [2.24, 2.45) is 5.92 Å². The molecule has 0 aromatic carbocycles. The summed E-state index contributed by atoms with van der Waals surface area (Å²) in [6, 6.07) is 0. The summed E-state index contributed by atoms with van der Waals surface area (Å²) in [5.74, 6) is 0.842. The molecule has 1 aromatic heterocycles. The maximum atomic E-state index is 12.3. The van der Waals surface area contributed by atoms with Crippen molar-refractivity contribution >= 4 is 11.6 Å². The van der Waals surface area contributed by atoms with Gasteiger partial charge in [0.1, 0.15) is 6.54 Å². The van der Waals surface area contributed by atoms with Gasteiger partial charge in [-0.3, -0.25) is 9.48 Å². The predicted molar refractivity (Wildman–Crippen MR) is 75.7 cm³/mol. The average Bonchev–Trinajstić information content (AvgIpc) is 2.56. The molecule has 0 radical (unpaired) electrons. The summed E-state index contributed by atoms with van der Waals surface area (Å²) in [7, 11) is 0. The monoisotopic (exact) mass is 264 g/mol. The van der Waals surface area contributed by atoms with Crippen molar-refractivity contribution in [1.82, 2.24) is 14.7 Å². The maximum Gasteiger partial charge on any atom is 0.244 e. The van der Waals surface area contributed by atoms with E-state index in [0.717, 1.165) is 24.5 Å². The van der Waals surface area contributed by atoms with Gasteiger partial charge in [0.25, 0.3) is 0 Å². The third-order valence-corrected chi connectivity index (χ3v) is 4.16. The number of carbonyl (C=O) groups is 1. The fourth-order valence-corrected chi connectivity index (χ4v) is 2.49. The number of carbonyl (C=O) groups excluding carboxylic acids is 1. The van der Waals surface area contributed by atoms with E-state index in [9.17, 15) is 4.79 Å². The number of nitrogens with zero attached hydrogens (tertiary/aromatic N) is 3. The van der Waals surface area contributed by atoms with E-state index in [0.29, 0.717) is 18.2 Å². The zero-order valence-electron chi connectivity index (χ0n) is 12.1. The molecule has 1 saturated carbocycles. The van der Waals surface area contributed by atoms with Gasteiger partial charge in [-0.1, -0.05) is 6.42 Å². The van der Waals surface area contributed by atoms with Gasteiger partial charge in [-0.25, -0.2) is 0 Å². The average molecular weight is 264 g/mol. The van der Waals surface area contributed by atoms with Crippen LogP contribution >= 0.6 is 0 Å². The Labute approximate surface area is 114 Å². The molecule has 1 aromatic rings. The Balaban J connectivity index is 1.99. The van der Waals surface area contributed by atoms with E-state index in [2.05, 4.69) is 5.10 Å². The number of hydrogen-bond acceptors (Lipinski definition) is 3. The van der Waals surface area contributed by atoms with Crippen LogP contribution in [0.5, 0.6) is 0 Å². The van der Waals surface area contributed by atoms with Crippen molar-refractivity contribution in [3.8, 4) is 0 Å². The van der Waals surface area contributed by atoms with Gasteiger partial charge in [0.15, 0.2) is 0 Å². The van der Waals surface area contributed by atoms with Gasteiger partial charge in [0.05, 0.1) is 17.1 Å². The fourth-order valence-electron chi connectivity index (χ4n) is 2.49. The third-order valence-electron chi connectivity index (χ3n) is 4.16. The second-order valence-electron chi connectivity index (χ2n) is 5.47. The van der Waals surface area contributed by atoms with Gasteiger partial charge < -0.3 is 10.6 Å². The molecule has 1 amide bonds. The van der Waals surface area contributed by atoms with Gasteiger partial charge in [0, 0.05) is 13.1 Å². The molecule has 5 nitrogen and oxygen atoms in total. The molecule has 1 fully saturated rings. The molecule has 2 rings (SSSR count). The highest BCUT2D eigenvalue weighted by Gasteiger charge is 2.23. The summed E-state index contributed by atoms with van der Waals surface area (Å²) in [5.41, 5.74) is 8.26. The van der Waals surface area contributed by atoms with Crippen molar-refractivity contribution < 1.29 is 4.79 Å². The summed E-state index contributed by atoms with van der Waals surface area (Å²) in [4.78, 5) is 14.3. The van der Waals surface area contributed by atoms with Crippen LogP contribution in [0, 0.1) is 19.8 Å². The zero-order chi connectivity index (χ0) is 14.0. The van der Waals surface area contributed by atoms with Crippen LogP contribution in [0.25, 0.3) is 0 Å². The molecular weight excluding hydrogens is 240 g/mol. The SMILES string of the molecule is CCN(CC1CCC1)C(=O)Cn1nc(C)c(N)c1C. The normalized spacial score (nSPS) is 15.3. The number of aryl methyl sites for hydroxylation is 1. The predicted octanol–water partition coefficient (Wildman–Crippen LogP) is 1.73. The van der Waals surface area contributed by atoms with Crippen molar-refractivity contribution in [2.45, 2.75) is 46.6 Å². The number of anilines is 1. The highest BCUT2D eigenvalue weighted by atomic mass is 16.2. The van der Waals surface area contributed by atoms with Crippen molar-refractivity contribution in [3.05, 3.63) is 11.4 Å². The second-order valence-corrected chi connectivity index (χ2v) is 5.47. The van der Waals surface area contributed by atoms with E-state index in [-0.39, 0.29) is 5.91 Å². The Morgan fingerprint density at radius 3 is 2.58 bits per heavy atom. The largest absolute Gasteiger partial charge is 0.396 e. The summed E-state index contributed by atoms with van der Waals surface area (Å²) in [5, 5.41) is 4.32. The number of nitrogen functional groups attached to an aromatic ring is 1. The van der Waals surface area contributed by atoms with Crippen LogP contribution in [0.2, 0.25) is 0 Å². The smallest absolute Gasteiger partial charge is 0.244 e. The topological polar surface area (TPSA) is 64.2 Å².